The molecule has 4 aliphatic carbocycles. The summed E-state index contributed by atoms with van der Waals surface area (Å²) in [6.07, 6.45) is 0. The van der Waals surface area contributed by atoms with E-state index < -0.39 is 0 Å². The summed E-state index contributed by atoms with van der Waals surface area (Å²) in [6.45, 7) is 9.63. The molecule has 0 atom stereocenters. The van der Waals surface area contributed by atoms with Crippen LogP contribution in [0.15, 0.2) is 206 Å². The molecule has 0 spiro atoms. The molecule has 326 valence electrons. The van der Waals surface area contributed by atoms with E-state index in [2.05, 4.69) is 234 Å². The van der Waals surface area contributed by atoms with Crippen molar-refractivity contribution in [3.8, 4) is 100 Å². The highest BCUT2D eigenvalue weighted by Gasteiger charge is 2.38. The monoisotopic (exact) mass is 886 g/mol. The van der Waals surface area contributed by atoms with E-state index in [0.717, 1.165) is 0 Å². The maximum Gasteiger partial charge on any atom is 0.0159 e. The van der Waals surface area contributed by atoms with E-state index in [4.69, 9.17) is 0 Å². The van der Waals surface area contributed by atoms with Crippen molar-refractivity contribution in [2.24, 2.45) is 0 Å². The number of hydrogen-bond acceptors (Lipinski definition) is 0. The summed E-state index contributed by atoms with van der Waals surface area (Å²) in [4.78, 5) is 0. The van der Waals surface area contributed by atoms with Crippen LogP contribution in [0.4, 0.5) is 0 Å². The van der Waals surface area contributed by atoms with Gasteiger partial charge in [0, 0.05) is 10.8 Å². The Bertz CT molecular complexity index is 4340. The summed E-state index contributed by atoms with van der Waals surface area (Å²) in [7, 11) is 0. The minimum atomic E-state index is -0.180. The summed E-state index contributed by atoms with van der Waals surface area (Å²) in [5, 5.41) is 10.4. The van der Waals surface area contributed by atoms with Gasteiger partial charge in [0.25, 0.3) is 0 Å². The van der Waals surface area contributed by atoms with Gasteiger partial charge in [0.05, 0.1) is 0 Å². The average Bonchev–Trinajstić information content (AvgIpc) is 4.06. The lowest BCUT2D eigenvalue weighted by atomic mass is 9.78. The molecule has 0 heteroatoms. The van der Waals surface area contributed by atoms with Gasteiger partial charge >= 0.3 is 0 Å². The predicted octanol–water partition coefficient (Wildman–Crippen LogP) is 19.2. The molecule has 12 aromatic rings. The lowest BCUT2D eigenvalue weighted by Crippen LogP contribution is -2.15. The Morgan fingerprint density at radius 1 is 0.214 bits per heavy atom. The van der Waals surface area contributed by atoms with Gasteiger partial charge in [-0.2, -0.15) is 0 Å². The van der Waals surface area contributed by atoms with Gasteiger partial charge in [-0.25, -0.2) is 0 Å². The van der Waals surface area contributed by atoms with Gasteiger partial charge in [-0.1, -0.05) is 210 Å². The summed E-state index contributed by atoms with van der Waals surface area (Å²) in [5.41, 5.74) is 28.9. The molecule has 0 fully saturated rings. The van der Waals surface area contributed by atoms with E-state index in [9.17, 15) is 0 Å². The van der Waals surface area contributed by atoms with E-state index in [1.807, 2.05) is 0 Å². The molecule has 0 bridgehead atoms. The van der Waals surface area contributed by atoms with Crippen LogP contribution in [0, 0.1) is 0 Å². The van der Waals surface area contributed by atoms with Crippen molar-refractivity contribution in [3.63, 3.8) is 0 Å². The standard InChI is InChI=1S/C70H46/c1-69(2)61-25-11-9-19-45(61)47-29-27-40(36-63(47)69)39-28-30-56-58(35-39)68(55-34-32-53-44-18-8-6-16-42(44)49-22-14-24-51(55)66(49)53)60-38-64-57(46-20-10-12-26-62(46)70(64,3)4)37-59(60)67(56)54-33-31-52-43-17-7-5-15-41(43)48-21-13-23-50(54)65(48)52/h5-38H,1-4H3. The van der Waals surface area contributed by atoms with Gasteiger partial charge in [-0.05, 0) is 190 Å². The van der Waals surface area contributed by atoms with Crippen LogP contribution < -0.4 is 0 Å². The molecule has 0 saturated carbocycles. The van der Waals surface area contributed by atoms with Crippen LogP contribution in [0.25, 0.3) is 143 Å². The van der Waals surface area contributed by atoms with Crippen molar-refractivity contribution < 1.29 is 0 Å². The first-order valence-corrected chi connectivity index (χ1v) is 25.0. The van der Waals surface area contributed by atoms with Gasteiger partial charge in [-0.15, -0.1) is 0 Å². The highest BCUT2D eigenvalue weighted by atomic mass is 14.4. The summed E-state index contributed by atoms with van der Waals surface area (Å²) >= 11 is 0. The third kappa shape index (κ3) is 4.76. The van der Waals surface area contributed by atoms with Crippen molar-refractivity contribution >= 4 is 43.1 Å². The van der Waals surface area contributed by atoms with Crippen LogP contribution in [0.5, 0.6) is 0 Å². The van der Waals surface area contributed by atoms with Crippen LogP contribution >= 0.6 is 0 Å². The zero-order valence-electron chi connectivity index (χ0n) is 39.6. The number of hydrogen-bond donors (Lipinski definition) is 0. The average molecular weight is 887 g/mol. The molecular weight excluding hydrogens is 841 g/mol. The van der Waals surface area contributed by atoms with Gasteiger partial charge in [0.2, 0.25) is 0 Å². The first kappa shape index (κ1) is 38.6. The second-order valence-electron chi connectivity index (χ2n) is 21.4. The van der Waals surface area contributed by atoms with E-state index in [0.29, 0.717) is 0 Å². The van der Waals surface area contributed by atoms with Crippen molar-refractivity contribution in [1.29, 1.82) is 0 Å². The third-order valence-corrected chi connectivity index (χ3v) is 17.4. The summed E-state index contributed by atoms with van der Waals surface area (Å²) in [6, 6.07) is 79.5. The fraction of sp³-hybridized carbons (Fsp3) is 0.0857. The van der Waals surface area contributed by atoms with Crippen molar-refractivity contribution in [2.45, 2.75) is 38.5 Å². The van der Waals surface area contributed by atoms with Gasteiger partial charge in [0.15, 0.2) is 0 Å². The zero-order chi connectivity index (χ0) is 46.4. The predicted molar refractivity (Wildman–Crippen MR) is 297 cm³/mol. The molecule has 0 unspecified atom stereocenters. The number of rotatable bonds is 3. The maximum atomic E-state index is 2.61. The zero-order valence-corrected chi connectivity index (χ0v) is 39.6. The lowest BCUT2D eigenvalue weighted by molar-refractivity contribution is 0.660. The smallest absolute Gasteiger partial charge is 0.0159 e. The fourth-order valence-electron chi connectivity index (χ4n) is 14.1. The SMILES string of the molecule is CC1(C)c2ccccc2-c2ccc(-c3ccc4c(-c5ccc6c7c(cccc57)-c5ccccc5-6)c5cc6c(cc5c(-c5ccc7c8c(cccc58)-c5ccccc5-7)c4c3)C(C)(C)c3ccccc3-6)cc21. The van der Waals surface area contributed by atoms with Gasteiger partial charge < -0.3 is 0 Å². The Labute approximate surface area is 408 Å². The summed E-state index contributed by atoms with van der Waals surface area (Å²) in [5.74, 6) is 0. The molecular formula is C70H46. The van der Waals surface area contributed by atoms with Crippen LogP contribution in [-0.2, 0) is 10.8 Å². The second kappa shape index (κ2) is 13.3. The van der Waals surface area contributed by atoms with Crippen molar-refractivity contribution in [2.75, 3.05) is 0 Å². The fourth-order valence-corrected chi connectivity index (χ4v) is 14.1. The largest absolute Gasteiger partial charge is 0.0619 e. The molecule has 4 aliphatic rings. The van der Waals surface area contributed by atoms with Crippen LogP contribution in [0.2, 0.25) is 0 Å². The quantitative estimate of drug-likeness (QED) is 0.155. The molecule has 0 N–H and O–H groups in total. The Balaban J connectivity index is 1.06. The third-order valence-electron chi connectivity index (χ3n) is 17.4. The normalized spacial score (nSPS) is 14.5. The minimum Gasteiger partial charge on any atom is -0.0619 e. The summed E-state index contributed by atoms with van der Waals surface area (Å²) < 4.78 is 0. The first-order chi connectivity index (χ1) is 34.3. The minimum absolute atomic E-state index is 0.101. The molecule has 0 aliphatic heterocycles. The van der Waals surface area contributed by atoms with Crippen molar-refractivity contribution in [3.05, 3.63) is 229 Å². The molecule has 0 radical (unpaired) electrons. The van der Waals surface area contributed by atoms with Gasteiger partial charge in [0.1, 0.15) is 0 Å². The molecule has 0 nitrogen and oxygen atoms in total. The van der Waals surface area contributed by atoms with E-state index in [1.54, 1.807) is 0 Å². The first-order valence-electron chi connectivity index (χ1n) is 25.0. The Morgan fingerprint density at radius 3 is 1.16 bits per heavy atom. The second-order valence-corrected chi connectivity index (χ2v) is 21.4. The molecule has 0 heterocycles. The topological polar surface area (TPSA) is 0 Å². The van der Waals surface area contributed by atoms with Crippen LogP contribution in [-0.4, -0.2) is 0 Å². The van der Waals surface area contributed by atoms with Crippen molar-refractivity contribution in [1.82, 2.24) is 0 Å². The molecule has 16 rings (SSSR count). The molecule has 70 heavy (non-hydrogen) atoms. The maximum absolute atomic E-state index is 2.61. The molecule has 0 aromatic heterocycles. The van der Waals surface area contributed by atoms with Gasteiger partial charge in [-0.3, -0.25) is 0 Å². The Kier molecular flexibility index (Phi) is 7.32. The molecule has 0 amide bonds. The van der Waals surface area contributed by atoms with E-state index in [-0.39, 0.29) is 10.8 Å². The Morgan fingerprint density at radius 2 is 0.586 bits per heavy atom. The number of benzene rings is 12. The van der Waals surface area contributed by atoms with E-state index in [1.165, 1.54) is 165 Å². The van der Waals surface area contributed by atoms with Crippen LogP contribution in [0.1, 0.15) is 49.9 Å². The van der Waals surface area contributed by atoms with Crippen LogP contribution in [0.3, 0.4) is 0 Å². The molecule has 12 aromatic carbocycles. The highest BCUT2D eigenvalue weighted by molar-refractivity contribution is 6.30. The van der Waals surface area contributed by atoms with E-state index >= 15 is 0 Å². The number of fused-ring (bicyclic) bond motifs is 14. The highest BCUT2D eigenvalue weighted by Crippen LogP contribution is 2.58. The lowest BCUT2D eigenvalue weighted by Gasteiger charge is -2.25. The Hall–Kier alpha value is -8.32. The molecule has 0 saturated heterocycles.